The lowest BCUT2D eigenvalue weighted by molar-refractivity contribution is -0.385. The zero-order valence-electron chi connectivity index (χ0n) is 9.87. The molecule has 1 heterocycles. The number of rotatable bonds is 3. The lowest BCUT2D eigenvalue weighted by Gasteiger charge is -2.18. The molecule has 92 valence electrons. The van der Waals surface area contributed by atoms with Crippen LogP contribution in [0.1, 0.15) is 12.0 Å². The molecule has 0 aromatic heterocycles. The largest absolute Gasteiger partial charge is 0.370 e. The van der Waals surface area contributed by atoms with Gasteiger partial charge in [0.1, 0.15) is 0 Å². The van der Waals surface area contributed by atoms with Gasteiger partial charge in [0, 0.05) is 24.8 Å². The smallest absolute Gasteiger partial charge is 0.276 e. The number of benzene rings is 1. The van der Waals surface area contributed by atoms with Gasteiger partial charge in [-0.25, -0.2) is 0 Å². The second kappa shape index (κ2) is 4.88. The summed E-state index contributed by atoms with van der Waals surface area (Å²) in [4.78, 5) is 12.5. The Bertz CT molecular complexity index is 534. The van der Waals surface area contributed by atoms with Gasteiger partial charge in [-0.05, 0) is 18.6 Å². The molecule has 0 unspecified atom stereocenters. The van der Waals surface area contributed by atoms with Crippen molar-refractivity contribution in [3.8, 4) is 6.07 Å². The molecule has 1 atom stereocenters. The van der Waals surface area contributed by atoms with Crippen molar-refractivity contribution >= 4 is 17.5 Å². The van der Waals surface area contributed by atoms with Gasteiger partial charge >= 0.3 is 0 Å². The van der Waals surface area contributed by atoms with Crippen LogP contribution >= 0.6 is 0 Å². The monoisotopic (exact) mass is 243 g/mol. The van der Waals surface area contributed by atoms with Crippen molar-refractivity contribution in [2.45, 2.75) is 6.42 Å². The van der Waals surface area contributed by atoms with Crippen molar-refractivity contribution in [1.29, 1.82) is 5.26 Å². The number of nitro groups is 1. The van der Waals surface area contributed by atoms with Gasteiger partial charge in [0.05, 0.1) is 22.5 Å². The van der Waals surface area contributed by atoms with Crippen molar-refractivity contribution in [3.05, 3.63) is 40.5 Å². The Hall–Kier alpha value is -2.35. The van der Waals surface area contributed by atoms with Gasteiger partial charge < -0.3 is 4.90 Å². The van der Waals surface area contributed by atoms with E-state index in [1.54, 1.807) is 12.1 Å². The summed E-state index contributed by atoms with van der Waals surface area (Å²) >= 11 is 0. The fourth-order valence-corrected chi connectivity index (χ4v) is 2.17. The Morgan fingerprint density at radius 3 is 2.94 bits per heavy atom. The maximum absolute atomic E-state index is 10.8. The van der Waals surface area contributed by atoms with Crippen molar-refractivity contribution < 1.29 is 4.92 Å². The fourth-order valence-electron chi connectivity index (χ4n) is 2.17. The van der Waals surface area contributed by atoms with Gasteiger partial charge in [-0.3, -0.25) is 10.1 Å². The fraction of sp³-hybridized carbons (Fsp3) is 0.308. The Morgan fingerprint density at radius 2 is 2.39 bits per heavy atom. The van der Waals surface area contributed by atoms with Crippen LogP contribution in [0.2, 0.25) is 0 Å². The molecule has 1 fully saturated rings. The summed E-state index contributed by atoms with van der Waals surface area (Å²) in [5.41, 5.74) is 1.48. The van der Waals surface area contributed by atoms with Gasteiger partial charge in [0.15, 0.2) is 0 Å². The quantitative estimate of drug-likeness (QED) is 0.604. The van der Waals surface area contributed by atoms with Crippen molar-refractivity contribution in [3.63, 3.8) is 0 Å². The summed E-state index contributed by atoms with van der Waals surface area (Å²) < 4.78 is 0. The highest BCUT2D eigenvalue weighted by Crippen LogP contribution is 2.29. The van der Waals surface area contributed by atoms with Gasteiger partial charge in [0.2, 0.25) is 0 Å². The Kier molecular flexibility index (Phi) is 3.28. The molecule has 0 aliphatic carbocycles. The van der Waals surface area contributed by atoms with Crippen LogP contribution in [-0.2, 0) is 0 Å². The molecule has 1 saturated heterocycles. The third kappa shape index (κ3) is 2.18. The molecule has 1 aromatic carbocycles. The van der Waals surface area contributed by atoms with Crippen LogP contribution in [0.4, 0.5) is 11.4 Å². The summed E-state index contributed by atoms with van der Waals surface area (Å²) in [5, 5.41) is 19.7. The van der Waals surface area contributed by atoms with E-state index in [1.807, 2.05) is 0 Å². The molecule has 18 heavy (non-hydrogen) atoms. The molecule has 0 N–H and O–H groups in total. The highest BCUT2D eigenvalue weighted by atomic mass is 16.6. The summed E-state index contributed by atoms with van der Waals surface area (Å²) in [6, 6.07) is 7.23. The number of nitriles is 1. The second-order valence-electron chi connectivity index (χ2n) is 4.27. The van der Waals surface area contributed by atoms with Gasteiger partial charge in [-0.15, -0.1) is 0 Å². The predicted molar refractivity (Wildman–Crippen MR) is 69.1 cm³/mol. The second-order valence-corrected chi connectivity index (χ2v) is 4.27. The van der Waals surface area contributed by atoms with E-state index < -0.39 is 4.92 Å². The average Bonchev–Trinajstić information content (AvgIpc) is 2.86. The number of nitro benzene ring substituents is 1. The van der Waals surface area contributed by atoms with E-state index in [0.717, 1.165) is 18.7 Å². The van der Waals surface area contributed by atoms with E-state index in [-0.39, 0.29) is 11.6 Å². The number of nitrogens with zero attached hydrogens (tertiary/aromatic N) is 3. The first kappa shape index (κ1) is 12.1. The van der Waals surface area contributed by atoms with Crippen molar-refractivity contribution in [1.82, 2.24) is 0 Å². The first-order valence-electron chi connectivity index (χ1n) is 5.71. The highest BCUT2D eigenvalue weighted by molar-refractivity contribution is 5.66. The van der Waals surface area contributed by atoms with Crippen molar-refractivity contribution in [2.75, 3.05) is 18.0 Å². The molecule has 1 aliphatic heterocycles. The van der Waals surface area contributed by atoms with E-state index in [9.17, 15) is 10.1 Å². The van der Waals surface area contributed by atoms with E-state index in [4.69, 9.17) is 5.26 Å². The molecule has 0 bridgehead atoms. The molecule has 1 aliphatic rings. The van der Waals surface area contributed by atoms with Crippen LogP contribution in [0.3, 0.4) is 0 Å². The third-order valence-corrected chi connectivity index (χ3v) is 3.16. The lowest BCUT2D eigenvalue weighted by Crippen LogP contribution is -2.19. The number of hydrogen-bond donors (Lipinski definition) is 0. The molecular formula is C13H13N3O2. The maximum Gasteiger partial charge on any atom is 0.276 e. The molecule has 0 radical (unpaired) electrons. The minimum atomic E-state index is -0.414. The molecule has 0 amide bonds. The number of hydrogen-bond acceptors (Lipinski definition) is 4. The SMILES string of the molecule is C=Cc1cc(N2CC[C@H](C#N)C2)ccc1[N+](=O)[O-]. The van der Waals surface area contributed by atoms with E-state index in [0.29, 0.717) is 12.1 Å². The maximum atomic E-state index is 10.8. The minimum absolute atomic E-state index is 0.0485. The molecule has 0 saturated carbocycles. The zero-order valence-corrected chi connectivity index (χ0v) is 9.87. The van der Waals surface area contributed by atoms with Crippen LogP contribution in [0.25, 0.3) is 6.08 Å². The average molecular weight is 243 g/mol. The topological polar surface area (TPSA) is 70.2 Å². The van der Waals surface area contributed by atoms with Crippen LogP contribution in [0.5, 0.6) is 0 Å². The zero-order chi connectivity index (χ0) is 13.1. The normalized spacial score (nSPS) is 18.4. The van der Waals surface area contributed by atoms with Gasteiger partial charge in [-0.2, -0.15) is 5.26 Å². The molecule has 5 nitrogen and oxygen atoms in total. The summed E-state index contributed by atoms with van der Waals surface area (Å²) in [5.74, 6) is 0.0485. The standard InChI is InChI=1S/C13H13N3O2/c1-2-11-7-12(3-4-13(11)16(17)18)15-6-5-10(8-14)9-15/h2-4,7,10H,1,5-6,9H2/t10-/m1/s1. The Balaban J connectivity index is 2.29. The summed E-state index contributed by atoms with van der Waals surface area (Å²) in [6.45, 7) is 5.10. The first-order chi connectivity index (χ1) is 8.65. The summed E-state index contributed by atoms with van der Waals surface area (Å²) in [6.07, 6.45) is 2.33. The Morgan fingerprint density at radius 1 is 1.61 bits per heavy atom. The van der Waals surface area contributed by atoms with E-state index in [1.165, 1.54) is 12.1 Å². The molecule has 0 spiro atoms. The van der Waals surface area contributed by atoms with Crippen molar-refractivity contribution in [2.24, 2.45) is 5.92 Å². The van der Waals surface area contributed by atoms with Crippen LogP contribution < -0.4 is 4.90 Å². The molecule has 1 aromatic rings. The first-order valence-corrected chi connectivity index (χ1v) is 5.71. The van der Waals surface area contributed by atoms with E-state index >= 15 is 0 Å². The summed E-state index contributed by atoms with van der Waals surface area (Å²) in [7, 11) is 0. The van der Waals surface area contributed by atoms with Crippen LogP contribution in [0, 0.1) is 27.4 Å². The minimum Gasteiger partial charge on any atom is -0.370 e. The molecular weight excluding hydrogens is 230 g/mol. The molecule has 2 rings (SSSR count). The van der Waals surface area contributed by atoms with Gasteiger partial charge in [0.25, 0.3) is 5.69 Å². The van der Waals surface area contributed by atoms with Gasteiger partial charge in [-0.1, -0.05) is 12.7 Å². The number of anilines is 1. The predicted octanol–water partition coefficient (Wildman–Crippen LogP) is 2.59. The van der Waals surface area contributed by atoms with Crippen LogP contribution in [-0.4, -0.2) is 18.0 Å². The Labute approximate surface area is 105 Å². The third-order valence-electron chi connectivity index (χ3n) is 3.16. The molecule has 5 heteroatoms. The highest BCUT2D eigenvalue weighted by Gasteiger charge is 2.23. The van der Waals surface area contributed by atoms with E-state index in [2.05, 4.69) is 17.5 Å². The lowest BCUT2D eigenvalue weighted by atomic mass is 10.1. The van der Waals surface area contributed by atoms with Crippen LogP contribution in [0.15, 0.2) is 24.8 Å².